The molecule has 2 unspecified atom stereocenters. The van der Waals surface area contributed by atoms with Crippen molar-refractivity contribution in [2.45, 2.75) is 258 Å². The van der Waals surface area contributed by atoms with Crippen molar-refractivity contribution in [1.82, 2.24) is 0 Å². The normalized spacial score (nSPS) is 13.7. The van der Waals surface area contributed by atoms with Crippen molar-refractivity contribution in [2.75, 3.05) is 33.0 Å². The van der Waals surface area contributed by atoms with E-state index >= 15 is 0 Å². The summed E-state index contributed by atoms with van der Waals surface area (Å²) in [5, 5.41) is 0. The van der Waals surface area contributed by atoms with Crippen LogP contribution in [0.2, 0.25) is 0 Å². The maximum Gasteiger partial charge on any atom is 0.472 e. The van der Waals surface area contributed by atoms with Crippen LogP contribution in [0.1, 0.15) is 251 Å². The molecule has 0 aromatic carbocycles. The van der Waals surface area contributed by atoms with E-state index in [2.05, 4.69) is 62.5 Å². The first kappa shape index (κ1) is 61.5. The number of carbonyl (C=O) groups is 1. The number of allylic oxidation sites excluding steroid dienone is 8. The Morgan fingerprint density at radius 3 is 1.27 bits per heavy atom. The first-order chi connectivity index (χ1) is 30.9. The van der Waals surface area contributed by atoms with E-state index in [1.165, 1.54) is 186 Å². The minimum atomic E-state index is -4.29. The topological polar surface area (TPSA) is 117 Å². The predicted molar refractivity (Wildman–Crippen MR) is 270 cm³/mol. The number of hydrogen-bond donors (Lipinski definition) is 2. The summed E-state index contributed by atoms with van der Waals surface area (Å²) >= 11 is 0. The Hall–Kier alpha value is -1.54. The lowest BCUT2D eigenvalue weighted by Gasteiger charge is -2.20. The summed E-state index contributed by atoms with van der Waals surface area (Å²) in [6.07, 6.45) is 62.9. The fraction of sp³-hybridized carbons (Fsp3) is 0.833. The molecule has 3 N–H and O–H groups in total. The molecule has 370 valence electrons. The average Bonchev–Trinajstić information content (AvgIpc) is 3.28. The van der Waals surface area contributed by atoms with E-state index < -0.39 is 13.9 Å². The molecular formula is C54H102NO7P. The summed E-state index contributed by atoms with van der Waals surface area (Å²) in [7, 11) is -4.29. The van der Waals surface area contributed by atoms with Crippen LogP contribution in [0.5, 0.6) is 0 Å². The molecule has 0 aliphatic carbocycles. The van der Waals surface area contributed by atoms with Crippen LogP contribution in [0.15, 0.2) is 48.6 Å². The van der Waals surface area contributed by atoms with Crippen molar-refractivity contribution < 1.29 is 32.8 Å². The molecule has 0 aromatic rings. The van der Waals surface area contributed by atoms with Gasteiger partial charge in [-0.25, -0.2) is 4.57 Å². The van der Waals surface area contributed by atoms with Crippen molar-refractivity contribution in [3.05, 3.63) is 48.6 Å². The van der Waals surface area contributed by atoms with Crippen molar-refractivity contribution in [3.63, 3.8) is 0 Å². The van der Waals surface area contributed by atoms with E-state index in [9.17, 15) is 14.3 Å². The SMILES string of the molecule is CCCCCCC/C=C\C/C=C\C/C=C\CCCCCCCCCCCCCOCC(COP(=O)(O)OCCN)OC(=O)CCCCCCCCC/C=C\CCCCCCCCC. The lowest BCUT2D eigenvalue weighted by atomic mass is 10.1. The summed E-state index contributed by atoms with van der Waals surface area (Å²) in [5.41, 5.74) is 5.39. The third kappa shape index (κ3) is 51.3. The van der Waals surface area contributed by atoms with Crippen LogP contribution in [0.3, 0.4) is 0 Å². The zero-order valence-electron chi connectivity index (χ0n) is 41.3. The third-order valence-electron chi connectivity index (χ3n) is 11.5. The van der Waals surface area contributed by atoms with Gasteiger partial charge in [-0.05, 0) is 77.0 Å². The summed E-state index contributed by atoms with van der Waals surface area (Å²) in [6, 6.07) is 0. The van der Waals surface area contributed by atoms with E-state index in [0.717, 1.165) is 44.9 Å². The van der Waals surface area contributed by atoms with Crippen LogP contribution in [0.4, 0.5) is 0 Å². The quantitative estimate of drug-likeness (QED) is 0.0268. The van der Waals surface area contributed by atoms with Gasteiger partial charge in [0.25, 0.3) is 0 Å². The van der Waals surface area contributed by atoms with Crippen LogP contribution in [-0.4, -0.2) is 49.9 Å². The van der Waals surface area contributed by atoms with E-state index in [-0.39, 0.29) is 32.3 Å². The fourth-order valence-corrected chi connectivity index (χ4v) is 8.29. The average molecular weight is 908 g/mol. The van der Waals surface area contributed by atoms with Gasteiger partial charge in [0.1, 0.15) is 6.10 Å². The molecule has 0 spiro atoms. The standard InChI is InChI=1S/C54H102NO7P/c1-3-5-7-9-11-13-15-17-19-21-23-24-25-26-27-28-29-30-32-34-36-38-40-42-44-46-49-59-51-53(52-61-63(57,58)60-50-48-55)62-54(56)47-45-43-41-39-37-35-33-31-22-20-18-16-14-12-10-8-6-4-2/h15,17,20-23,25-26,53H,3-14,16,18-19,24,27-52,55H2,1-2H3,(H,57,58)/b17-15-,22-20-,23-21-,26-25-. The molecule has 0 heterocycles. The summed E-state index contributed by atoms with van der Waals surface area (Å²) in [6.45, 7) is 4.93. The molecule has 63 heavy (non-hydrogen) atoms. The molecule has 0 aliphatic rings. The number of rotatable bonds is 51. The molecule has 0 aromatic heterocycles. The number of esters is 1. The number of carbonyl (C=O) groups excluding carboxylic acids is 1. The van der Waals surface area contributed by atoms with E-state index in [0.29, 0.717) is 13.0 Å². The highest BCUT2D eigenvalue weighted by Gasteiger charge is 2.25. The van der Waals surface area contributed by atoms with E-state index in [1.54, 1.807) is 0 Å². The summed E-state index contributed by atoms with van der Waals surface area (Å²) in [5.74, 6) is -0.334. The second-order valence-electron chi connectivity index (χ2n) is 17.7. The Bertz CT molecular complexity index is 1110. The molecule has 0 rings (SSSR count). The third-order valence-corrected chi connectivity index (χ3v) is 12.5. The molecular weight excluding hydrogens is 806 g/mol. The van der Waals surface area contributed by atoms with Gasteiger partial charge in [0, 0.05) is 19.6 Å². The molecule has 0 amide bonds. The molecule has 0 bridgehead atoms. The van der Waals surface area contributed by atoms with Crippen LogP contribution >= 0.6 is 7.82 Å². The number of phosphoric ester groups is 1. The molecule has 8 nitrogen and oxygen atoms in total. The fourth-order valence-electron chi connectivity index (χ4n) is 7.53. The van der Waals surface area contributed by atoms with Crippen molar-refractivity contribution in [3.8, 4) is 0 Å². The van der Waals surface area contributed by atoms with Gasteiger partial charge in [-0.1, -0.05) is 217 Å². The monoisotopic (exact) mass is 908 g/mol. The van der Waals surface area contributed by atoms with Crippen molar-refractivity contribution in [1.29, 1.82) is 0 Å². The van der Waals surface area contributed by atoms with Gasteiger partial charge in [-0.2, -0.15) is 0 Å². The predicted octanol–water partition coefficient (Wildman–Crippen LogP) is 16.7. The maximum atomic E-state index is 12.7. The first-order valence-corrected chi connectivity index (χ1v) is 28.1. The summed E-state index contributed by atoms with van der Waals surface area (Å²) < 4.78 is 33.6. The number of unbranched alkanes of at least 4 members (excludes halogenated alkanes) is 30. The zero-order chi connectivity index (χ0) is 45.8. The molecule has 0 radical (unpaired) electrons. The van der Waals surface area contributed by atoms with Crippen molar-refractivity contribution >= 4 is 13.8 Å². The van der Waals surface area contributed by atoms with E-state index in [1.807, 2.05) is 0 Å². The Kier molecular flexibility index (Phi) is 50.2. The van der Waals surface area contributed by atoms with Gasteiger partial charge >= 0.3 is 13.8 Å². The Labute approximate surface area is 390 Å². The van der Waals surface area contributed by atoms with E-state index in [4.69, 9.17) is 24.3 Å². The molecule has 0 saturated carbocycles. The second-order valence-corrected chi connectivity index (χ2v) is 19.2. The van der Waals surface area contributed by atoms with Gasteiger partial charge < -0.3 is 20.1 Å². The number of nitrogens with two attached hydrogens (primary N) is 1. The van der Waals surface area contributed by atoms with Gasteiger partial charge in [0.15, 0.2) is 0 Å². The van der Waals surface area contributed by atoms with Crippen LogP contribution in [-0.2, 0) is 27.9 Å². The number of phosphoric acid groups is 1. The van der Waals surface area contributed by atoms with Crippen LogP contribution in [0, 0.1) is 0 Å². The molecule has 2 atom stereocenters. The molecule has 0 aliphatic heterocycles. The highest BCUT2D eigenvalue weighted by atomic mass is 31.2. The van der Waals surface area contributed by atoms with Crippen molar-refractivity contribution in [2.24, 2.45) is 5.73 Å². The molecule has 0 fully saturated rings. The number of hydrogen-bond acceptors (Lipinski definition) is 7. The maximum absolute atomic E-state index is 12.7. The second kappa shape index (κ2) is 51.4. The minimum absolute atomic E-state index is 0.0973. The highest BCUT2D eigenvalue weighted by Crippen LogP contribution is 2.43. The first-order valence-electron chi connectivity index (χ1n) is 26.6. The zero-order valence-corrected chi connectivity index (χ0v) is 42.2. The van der Waals surface area contributed by atoms with Gasteiger partial charge in [0.05, 0.1) is 19.8 Å². The largest absolute Gasteiger partial charge is 0.472 e. The van der Waals surface area contributed by atoms with Gasteiger partial charge in [0.2, 0.25) is 0 Å². The smallest absolute Gasteiger partial charge is 0.457 e. The lowest BCUT2D eigenvalue weighted by molar-refractivity contribution is -0.154. The highest BCUT2D eigenvalue weighted by molar-refractivity contribution is 7.47. The Morgan fingerprint density at radius 1 is 0.476 bits per heavy atom. The van der Waals surface area contributed by atoms with Gasteiger partial charge in [-0.15, -0.1) is 0 Å². The minimum Gasteiger partial charge on any atom is -0.457 e. The van der Waals surface area contributed by atoms with Gasteiger partial charge in [-0.3, -0.25) is 13.8 Å². The molecule has 9 heteroatoms. The summed E-state index contributed by atoms with van der Waals surface area (Å²) in [4.78, 5) is 22.6. The Balaban J connectivity index is 3.92. The lowest BCUT2D eigenvalue weighted by Crippen LogP contribution is -2.28. The Morgan fingerprint density at radius 2 is 0.841 bits per heavy atom. The number of ether oxygens (including phenoxy) is 2. The van der Waals surface area contributed by atoms with Crippen LogP contribution in [0.25, 0.3) is 0 Å². The van der Waals surface area contributed by atoms with Crippen LogP contribution < -0.4 is 5.73 Å². The molecule has 0 saturated heterocycles.